The van der Waals surface area contributed by atoms with Crippen LogP contribution in [0.3, 0.4) is 0 Å². The molecule has 0 heterocycles. The van der Waals surface area contributed by atoms with Gasteiger partial charge in [-0.1, -0.05) is 29.8 Å². The van der Waals surface area contributed by atoms with E-state index in [1.165, 1.54) is 0 Å². The van der Waals surface area contributed by atoms with Gasteiger partial charge in [0.2, 0.25) is 0 Å². The molecule has 2 aromatic rings. The van der Waals surface area contributed by atoms with Crippen LogP contribution in [0.5, 0.6) is 0 Å². The standard InChI is InChI=1S/C13H9ClF3N/c14-9-4-2-1-3-8(9)13(18)12-10(16)5-7(15)6-11(12)17/h1-6,13H,18H2. The van der Waals surface area contributed by atoms with Crippen LogP contribution in [0.1, 0.15) is 17.2 Å². The van der Waals surface area contributed by atoms with Gasteiger partial charge in [-0.3, -0.25) is 0 Å². The molecule has 2 aromatic carbocycles. The molecule has 1 unspecified atom stereocenters. The minimum atomic E-state index is -1.08. The fourth-order valence-electron chi connectivity index (χ4n) is 1.73. The van der Waals surface area contributed by atoms with Gasteiger partial charge < -0.3 is 5.73 Å². The van der Waals surface area contributed by atoms with Crippen molar-refractivity contribution in [3.05, 3.63) is 70.0 Å². The first-order valence-electron chi connectivity index (χ1n) is 5.15. The lowest BCUT2D eigenvalue weighted by Gasteiger charge is -2.15. The average molecular weight is 272 g/mol. The van der Waals surface area contributed by atoms with Crippen LogP contribution in [0.25, 0.3) is 0 Å². The Hall–Kier alpha value is -1.52. The van der Waals surface area contributed by atoms with E-state index in [1.54, 1.807) is 24.3 Å². The van der Waals surface area contributed by atoms with Crippen LogP contribution in [0.4, 0.5) is 13.2 Å². The van der Waals surface area contributed by atoms with Crippen LogP contribution in [-0.4, -0.2) is 0 Å². The molecule has 18 heavy (non-hydrogen) atoms. The molecule has 0 aliphatic heterocycles. The number of nitrogens with two attached hydrogens (primary N) is 1. The van der Waals surface area contributed by atoms with Crippen LogP contribution >= 0.6 is 11.6 Å². The molecule has 0 aliphatic rings. The molecule has 1 atom stereocenters. The van der Waals surface area contributed by atoms with Gasteiger partial charge in [-0.2, -0.15) is 0 Å². The van der Waals surface area contributed by atoms with Crippen LogP contribution in [0.15, 0.2) is 36.4 Å². The van der Waals surface area contributed by atoms with E-state index >= 15 is 0 Å². The van der Waals surface area contributed by atoms with Gasteiger partial charge in [-0.25, -0.2) is 13.2 Å². The van der Waals surface area contributed by atoms with E-state index < -0.39 is 29.1 Å². The quantitative estimate of drug-likeness (QED) is 0.883. The summed E-state index contributed by atoms with van der Waals surface area (Å²) < 4.78 is 40.0. The molecule has 0 aliphatic carbocycles. The lowest BCUT2D eigenvalue weighted by Crippen LogP contribution is -2.16. The number of benzene rings is 2. The summed E-state index contributed by atoms with van der Waals surface area (Å²) in [4.78, 5) is 0. The van der Waals surface area contributed by atoms with Gasteiger partial charge in [0.15, 0.2) is 0 Å². The Balaban J connectivity index is 2.53. The van der Waals surface area contributed by atoms with Crippen LogP contribution < -0.4 is 5.73 Å². The minimum absolute atomic E-state index is 0.299. The second-order valence-electron chi connectivity index (χ2n) is 3.78. The highest BCUT2D eigenvalue weighted by Crippen LogP contribution is 2.29. The molecule has 2 rings (SSSR count). The van der Waals surface area contributed by atoms with Gasteiger partial charge in [0.05, 0.1) is 6.04 Å². The van der Waals surface area contributed by atoms with Gasteiger partial charge in [-0.05, 0) is 11.6 Å². The second kappa shape index (κ2) is 5.00. The van der Waals surface area contributed by atoms with Crippen molar-refractivity contribution in [2.45, 2.75) is 6.04 Å². The summed E-state index contributed by atoms with van der Waals surface area (Å²) in [6, 6.07) is 6.56. The Morgan fingerprint density at radius 3 is 2.11 bits per heavy atom. The zero-order valence-corrected chi connectivity index (χ0v) is 9.89. The van der Waals surface area contributed by atoms with Crippen molar-refractivity contribution in [1.82, 2.24) is 0 Å². The predicted octanol–water partition coefficient (Wildman–Crippen LogP) is 3.81. The van der Waals surface area contributed by atoms with E-state index in [0.717, 1.165) is 0 Å². The van der Waals surface area contributed by atoms with Gasteiger partial charge in [0.1, 0.15) is 17.5 Å². The van der Waals surface area contributed by atoms with E-state index in [-0.39, 0.29) is 0 Å². The minimum Gasteiger partial charge on any atom is -0.320 e. The third kappa shape index (κ3) is 2.35. The Morgan fingerprint density at radius 2 is 1.56 bits per heavy atom. The molecule has 0 saturated carbocycles. The molecule has 2 N–H and O–H groups in total. The summed E-state index contributed by atoms with van der Waals surface area (Å²) in [6.07, 6.45) is 0. The molecule has 0 fully saturated rings. The summed E-state index contributed by atoms with van der Waals surface area (Å²) >= 11 is 5.91. The lowest BCUT2D eigenvalue weighted by molar-refractivity contribution is 0.515. The van der Waals surface area contributed by atoms with E-state index in [9.17, 15) is 13.2 Å². The van der Waals surface area contributed by atoms with Crippen molar-refractivity contribution in [2.24, 2.45) is 5.73 Å². The highest BCUT2D eigenvalue weighted by Gasteiger charge is 2.21. The fourth-order valence-corrected chi connectivity index (χ4v) is 1.99. The van der Waals surface area contributed by atoms with Crippen LogP contribution in [0.2, 0.25) is 5.02 Å². The van der Waals surface area contributed by atoms with Gasteiger partial charge in [-0.15, -0.1) is 0 Å². The van der Waals surface area contributed by atoms with Crippen molar-refractivity contribution in [1.29, 1.82) is 0 Å². The molecular weight excluding hydrogens is 263 g/mol. The monoisotopic (exact) mass is 271 g/mol. The predicted molar refractivity (Wildman–Crippen MR) is 63.8 cm³/mol. The number of hydrogen-bond acceptors (Lipinski definition) is 1. The summed E-state index contributed by atoms with van der Waals surface area (Å²) in [7, 11) is 0. The average Bonchev–Trinajstić information content (AvgIpc) is 2.27. The van der Waals surface area contributed by atoms with Crippen LogP contribution in [0, 0.1) is 17.5 Å². The summed E-state index contributed by atoms with van der Waals surface area (Å²) in [5.74, 6) is -3.04. The zero-order valence-electron chi connectivity index (χ0n) is 9.13. The molecular formula is C13H9ClF3N. The first-order valence-corrected chi connectivity index (χ1v) is 5.53. The van der Waals surface area contributed by atoms with E-state index in [4.69, 9.17) is 17.3 Å². The van der Waals surface area contributed by atoms with Gasteiger partial charge >= 0.3 is 0 Å². The first kappa shape index (κ1) is 12.9. The lowest BCUT2D eigenvalue weighted by atomic mass is 9.98. The summed E-state index contributed by atoms with van der Waals surface area (Å²) in [5.41, 5.74) is 5.76. The Kier molecular flexibility index (Phi) is 3.59. The smallest absolute Gasteiger partial charge is 0.134 e. The van der Waals surface area contributed by atoms with Crippen molar-refractivity contribution < 1.29 is 13.2 Å². The first-order chi connectivity index (χ1) is 8.50. The highest BCUT2D eigenvalue weighted by molar-refractivity contribution is 6.31. The molecule has 0 saturated heterocycles. The molecule has 1 nitrogen and oxygen atoms in total. The largest absolute Gasteiger partial charge is 0.320 e. The zero-order chi connectivity index (χ0) is 13.3. The number of halogens is 4. The van der Waals surface area contributed by atoms with Crippen LogP contribution in [-0.2, 0) is 0 Å². The van der Waals surface area contributed by atoms with Crippen molar-refractivity contribution in [2.75, 3.05) is 0 Å². The van der Waals surface area contributed by atoms with Gasteiger partial charge in [0, 0.05) is 22.7 Å². The molecule has 0 aromatic heterocycles. The molecule has 0 spiro atoms. The van der Waals surface area contributed by atoms with E-state index in [1.807, 2.05) is 0 Å². The normalized spacial score (nSPS) is 12.5. The molecule has 0 amide bonds. The van der Waals surface area contributed by atoms with Crippen molar-refractivity contribution in [3.8, 4) is 0 Å². The molecule has 0 radical (unpaired) electrons. The maximum atomic E-state index is 13.6. The number of rotatable bonds is 2. The van der Waals surface area contributed by atoms with Gasteiger partial charge in [0.25, 0.3) is 0 Å². The topological polar surface area (TPSA) is 26.0 Å². The van der Waals surface area contributed by atoms with Crippen molar-refractivity contribution >= 4 is 11.6 Å². The van der Waals surface area contributed by atoms with E-state index in [0.29, 0.717) is 22.7 Å². The molecule has 94 valence electrons. The summed E-state index contributed by atoms with van der Waals surface area (Å²) in [5, 5.41) is 0.299. The fraction of sp³-hybridized carbons (Fsp3) is 0.0769. The third-order valence-electron chi connectivity index (χ3n) is 2.60. The molecule has 5 heteroatoms. The highest BCUT2D eigenvalue weighted by atomic mass is 35.5. The third-order valence-corrected chi connectivity index (χ3v) is 2.94. The van der Waals surface area contributed by atoms with Crippen molar-refractivity contribution in [3.63, 3.8) is 0 Å². The maximum Gasteiger partial charge on any atom is 0.134 e. The molecule has 0 bridgehead atoms. The SMILES string of the molecule is NC(c1ccccc1Cl)c1c(F)cc(F)cc1F. The summed E-state index contributed by atoms with van der Waals surface area (Å²) in [6.45, 7) is 0. The Morgan fingerprint density at radius 1 is 1.00 bits per heavy atom. The Bertz CT molecular complexity index is 563. The Labute approximate surface area is 107 Å². The number of hydrogen-bond donors (Lipinski definition) is 1. The van der Waals surface area contributed by atoms with E-state index in [2.05, 4.69) is 0 Å². The maximum absolute atomic E-state index is 13.6. The second-order valence-corrected chi connectivity index (χ2v) is 4.19.